The Balaban J connectivity index is 1.56. The number of carbonyl (C=O) groups excluding carboxylic acids is 2. The molecule has 140 valence electrons. The summed E-state index contributed by atoms with van der Waals surface area (Å²) in [6.45, 7) is 5.82. The van der Waals surface area contributed by atoms with Crippen LogP contribution < -0.4 is 5.32 Å². The second-order valence-corrected chi connectivity index (χ2v) is 8.91. The number of rotatable bonds is 6. The summed E-state index contributed by atoms with van der Waals surface area (Å²) >= 11 is 3.27. The van der Waals surface area contributed by atoms with Gasteiger partial charge in [0.15, 0.2) is 0 Å². The Hall–Kier alpha value is -1.73. The molecule has 1 atom stereocenters. The van der Waals surface area contributed by atoms with Crippen molar-refractivity contribution in [1.29, 1.82) is 0 Å². The Bertz CT molecular complexity index is 740. The molecular formula is C19H25N3O2S2. The fourth-order valence-corrected chi connectivity index (χ4v) is 4.70. The predicted octanol–water partition coefficient (Wildman–Crippen LogP) is 3.43. The van der Waals surface area contributed by atoms with E-state index in [0.717, 1.165) is 41.5 Å². The first-order valence-corrected chi connectivity index (χ1v) is 10.8. The van der Waals surface area contributed by atoms with Crippen LogP contribution in [0.15, 0.2) is 22.9 Å². The molecule has 0 saturated carbocycles. The van der Waals surface area contributed by atoms with Crippen LogP contribution >= 0.6 is 22.7 Å². The van der Waals surface area contributed by atoms with E-state index in [4.69, 9.17) is 4.98 Å². The number of aromatic nitrogens is 1. The van der Waals surface area contributed by atoms with Gasteiger partial charge in [-0.2, -0.15) is 0 Å². The van der Waals surface area contributed by atoms with Crippen LogP contribution in [-0.2, 0) is 22.6 Å². The van der Waals surface area contributed by atoms with Crippen molar-refractivity contribution in [2.45, 2.75) is 45.6 Å². The average Bonchev–Trinajstić information content (AvgIpc) is 3.31. The maximum atomic E-state index is 12.6. The molecule has 2 amide bonds. The Kier molecular flexibility index (Phi) is 6.43. The van der Waals surface area contributed by atoms with Crippen LogP contribution in [-0.4, -0.2) is 34.8 Å². The van der Waals surface area contributed by atoms with E-state index in [1.807, 2.05) is 41.6 Å². The molecule has 0 aliphatic carbocycles. The number of hydrogen-bond donors (Lipinski definition) is 1. The van der Waals surface area contributed by atoms with E-state index >= 15 is 0 Å². The number of carbonyl (C=O) groups is 2. The number of likely N-dealkylation sites (tertiary alicyclic amines) is 1. The average molecular weight is 392 g/mol. The molecule has 1 unspecified atom stereocenters. The van der Waals surface area contributed by atoms with Crippen LogP contribution in [0, 0.1) is 5.92 Å². The molecule has 3 heterocycles. The van der Waals surface area contributed by atoms with Crippen molar-refractivity contribution in [3.8, 4) is 0 Å². The molecule has 26 heavy (non-hydrogen) atoms. The van der Waals surface area contributed by atoms with Crippen LogP contribution in [0.4, 0.5) is 0 Å². The fourth-order valence-electron chi connectivity index (χ4n) is 3.05. The predicted molar refractivity (Wildman–Crippen MR) is 105 cm³/mol. The molecule has 0 radical (unpaired) electrons. The highest BCUT2D eigenvalue weighted by Gasteiger charge is 2.26. The summed E-state index contributed by atoms with van der Waals surface area (Å²) in [6, 6.07) is 4.00. The van der Waals surface area contributed by atoms with Gasteiger partial charge >= 0.3 is 0 Å². The molecule has 5 nitrogen and oxygen atoms in total. The zero-order chi connectivity index (χ0) is 18.5. The smallest absolute Gasteiger partial charge is 0.227 e. The van der Waals surface area contributed by atoms with Crippen LogP contribution in [0.1, 0.15) is 48.2 Å². The summed E-state index contributed by atoms with van der Waals surface area (Å²) < 4.78 is 0. The second-order valence-electron chi connectivity index (χ2n) is 6.98. The van der Waals surface area contributed by atoms with Gasteiger partial charge in [0.25, 0.3) is 0 Å². The van der Waals surface area contributed by atoms with Gasteiger partial charge in [0.05, 0.1) is 23.7 Å². The second kappa shape index (κ2) is 8.77. The summed E-state index contributed by atoms with van der Waals surface area (Å²) in [5, 5.41) is 8.01. The first kappa shape index (κ1) is 19.0. The molecule has 1 aliphatic rings. The monoisotopic (exact) mass is 391 g/mol. The van der Waals surface area contributed by atoms with E-state index in [-0.39, 0.29) is 17.7 Å². The van der Waals surface area contributed by atoms with Gasteiger partial charge in [0.1, 0.15) is 0 Å². The summed E-state index contributed by atoms with van der Waals surface area (Å²) in [6.07, 6.45) is 2.57. The Morgan fingerprint density at radius 2 is 2.23 bits per heavy atom. The lowest BCUT2D eigenvalue weighted by atomic mass is 9.98. The molecule has 1 aliphatic heterocycles. The zero-order valence-corrected chi connectivity index (χ0v) is 16.9. The molecule has 2 aromatic heterocycles. The van der Waals surface area contributed by atoms with Crippen molar-refractivity contribution in [2.24, 2.45) is 5.92 Å². The molecular weight excluding hydrogens is 366 g/mol. The van der Waals surface area contributed by atoms with Crippen LogP contribution in [0.5, 0.6) is 0 Å². The highest BCUT2D eigenvalue weighted by Crippen LogP contribution is 2.29. The molecule has 0 bridgehead atoms. The lowest BCUT2D eigenvalue weighted by Gasteiger charge is -2.31. The SMILES string of the molecule is CC(C)C(=O)NCc1csc(C2CCCN(C(=O)Cc3cccs3)C2)n1. The lowest BCUT2D eigenvalue weighted by Crippen LogP contribution is -2.39. The topological polar surface area (TPSA) is 62.3 Å². The number of nitrogens with one attached hydrogen (secondary N) is 1. The van der Waals surface area contributed by atoms with Crippen LogP contribution in [0.3, 0.4) is 0 Å². The Morgan fingerprint density at radius 3 is 2.96 bits per heavy atom. The number of amides is 2. The van der Waals surface area contributed by atoms with Crippen LogP contribution in [0.25, 0.3) is 0 Å². The lowest BCUT2D eigenvalue weighted by molar-refractivity contribution is -0.131. The van der Waals surface area contributed by atoms with Gasteiger partial charge in [0.2, 0.25) is 11.8 Å². The third-order valence-electron chi connectivity index (χ3n) is 4.57. The third-order valence-corrected chi connectivity index (χ3v) is 6.50. The van der Waals surface area contributed by atoms with E-state index in [9.17, 15) is 9.59 Å². The zero-order valence-electron chi connectivity index (χ0n) is 15.2. The molecule has 0 aromatic carbocycles. The molecule has 0 spiro atoms. The Labute approximate surface area is 162 Å². The first-order valence-electron chi connectivity index (χ1n) is 9.05. The van der Waals surface area contributed by atoms with E-state index < -0.39 is 0 Å². The fraction of sp³-hybridized carbons (Fsp3) is 0.526. The number of piperidine rings is 1. The Morgan fingerprint density at radius 1 is 1.38 bits per heavy atom. The quantitative estimate of drug-likeness (QED) is 0.821. The molecule has 1 saturated heterocycles. The minimum Gasteiger partial charge on any atom is -0.350 e. The van der Waals surface area contributed by atoms with Gasteiger partial charge in [0, 0.05) is 35.2 Å². The van der Waals surface area contributed by atoms with E-state index in [2.05, 4.69) is 5.32 Å². The van der Waals surface area contributed by atoms with Crippen molar-refractivity contribution < 1.29 is 9.59 Å². The van der Waals surface area contributed by atoms with Crippen molar-refractivity contribution in [3.05, 3.63) is 38.5 Å². The van der Waals surface area contributed by atoms with Gasteiger partial charge in [-0.15, -0.1) is 22.7 Å². The number of nitrogens with zero attached hydrogens (tertiary/aromatic N) is 2. The molecule has 1 N–H and O–H groups in total. The number of thiazole rings is 1. The van der Waals surface area contributed by atoms with Crippen molar-refractivity contribution in [2.75, 3.05) is 13.1 Å². The van der Waals surface area contributed by atoms with Gasteiger partial charge in [-0.25, -0.2) is 4.98 Å². The van der Waals surface area contributed by atoms with Gasteiger partial charge in [-0.05, 0) is 24.3 Å². The largest absolute Gasteiger partial charge is 0.350 e. The minimum absolute atomic E-state index is 0.0191. The molecule has 2 aromatic rings. The van der Waals surface area contributed by atoms with Gasteiger partial charge in [-0.3, -0.25) is 9.59 Å². The van der Waals surface area contributed by atoms with Crippen molar-refractivity contribution >= 4 is 34.5 Å². The maximum absolute atomic E-state index is 12.6. The van der Waals surface area contributed by atoms with Crippen LogP contribution in [0.2, 0.25) is 0 Å². The minimum atomic E-state index is -0.0191. The molecule has 7 heteroatoms. The molecule has 3 rings (SSSR count). The number of hydrogen-bond acceptors (Lipinski definition) is 5. The standard InChI is InChI=1S/C19H25N3O2S2/c1-13(2)18(24)20-10-15-12-26-19(21-15)14-5-3-7-22(11-14)17(23)9-16-6-4-8-25-16/h4,6,8,12-14H,3,5,7,9-11H2,1-2H3,(H,20,24). The summed E-state index contributed by atoms with van der Waals surface area (Å²) in [4.78, 5) is 32.1. The third kappa shape index (κ3) is 4.92. The highest BCUT2D eigenvalue weighted by molar-refractivity contribution is 7.10. The summed E-state index contributed by atoms with van der Waals surface area (Å²) in [5.74, 6) is 0.533. The van der Waals surface area contributed by atoms with Crippen molar-refractivity contribution in [1.82, 2.24) is 15.2 Å². The van der Waals surface area contributed by atoms with E-state index in [1.165, 1.54) is 0 Å². The van der Waals surface area contributed by atoms with E-state index in [1.54, 1.807) is 22.7 Å². The normalized spacial score (nSPS) is 17.5. The summed E-state index contributed by atoms with van der Waals surface area (Å²) in [5.41, 5.74) is 0.904. The number of thiophene rings is 1. The maximum Gasteiger partial charge on any atom is 0.227 e. The highest BCUT2D eigenvalue weighted by atomic mass is 32.1. The van der Waals surface area contributed by atoms with Crippen molar-refractivity contribution in [3.63, 3.8) is 0 Å². The van der Waals surface area contributed by atoms with Gasteiger partial charge < -0.3 is 10.2 Å². The summed E-state index contributed by atoms with van der Waals surface area (Å²) in [7, 11) is 0. The molecule has 1 fully saturated rings. The first-order chi connectivity index (χ1) is 12.5. The van der Waals surface area contributed by atoms with E-state index in [0.29, 0.717) is 18.9 Å². The van der Waals surface area contributed by atoms with Gasteiger partial charge in [-0.1, -0.05) is 19.9 Å².